The lowest BCUT2D eigenvalue weighted by Gasteiger charge is -2.05. The van der Waals surface area contributed by atoms with Crippen LogP contribution in [0.2, 0.25) is 10.0 Å². The fourth-order valence-electron chi connectivity index (χ4n) is 2.00. The molecule has 0 fully saturated rings. The minimum atomic E-state index is -0.196. The zero-order chi connectivity index (χ0) is 17.8. The molecular weight excluding hydrogens is 447 g/mol. The molecule has 1 heterocycles. The molecule has 128 valence electrons. The van der Waals surface area contributed by atoms with Gasteiger partial charge in [-0.2, -0.15) is 0 Å². The van der Waals surface area contributed by atoms with E-state index in [4.69, 9.17) is 23.2 Å². The summed E-state index contributed by atoms with van der Waals surface area (Å²) in [5.41, 5.74) is 1.47. The molecular formula is C16H11BrCl2N4OS. The van der Waals surface area contributed by atoms with Gasteiger partial charge in [-0.15, -0.1) is 5.10 Å². The lowest BCUT2D eigenvalue weighted by atomic mass is 10.2. The van der Waals surface area contributed by atoms with Crippen LogP contribution in [-0.4, -0.2) is 26.8 Å². The van der Waals surface area contributed by atoms with E-state index in [1.165, 1.54) is 11.8 Å². The first-order valence-corrected chi connectivity index (χ1v) is 9.60. The van der Waals surface area contributed by atoms with Crippen LogP contribution in [-0.2, 0) is 4.79 Å². The number of nitrogens with one attached hydrogen (secondary N) is 2. The van der Waals surface area contributed by atoms with E-state index in [-0.39, 0.29) is 11.7 Å². The van der Waals surface area contributed by atoms with Crippen LogP contribution >= 0.6 is 50.9 Å². The molecule has 25 heavy (non-hydrogen) atoms. The number of H-pyrrole nitrogens is 1. The standard InChI is InChI=1S/C16H11BrCl2N4OS/c17-10-3-1-9(2-4-10)15-21-16(23-22-15)25-8-14(24)20-13-6-11(18)5-12(19)7-13/h1-7H,8H2,(H,20,24)(H,21,22,23). The van der Waals surface area contributed by atoms with Crippen molar-refractivity contribution in [1.82, 2.24) is 15.2 Å². The fraction of sp³-hybridized carbons (Fsp3) is 0.0625. The summed E-state index contributed by atoms with van der Waals surface area (Å²) in [4.78, 5) is 16.4. The molecule has 0 atom stereocenters. The molecule has 5 nitrogen and oxygen atoms in total. The van der Waals surface area contributed by atoms with Crippen LogP contribution in [0.15, 0.2) is 52.1 Å². The molecule has 1 amide bonds. The number of carbonyl (C=O) groups excluding carboxylic acids is 1. The van der Waals surface area contributed by atoms with Crippen molar-refractivity contribution < 1.29 is 4.79 Å². The van der Waals surface area contributed by atoms with E-state index in [0.29, 0.717) is 26.7 Å². The average molecular weight is 458 g/mol. The molecule has 0 aliphatic carbocycles. The van der Waals surface area contributed by atoms with Crippen LogP contribution in [0.1, 0.15) is 0 Å². The second-order valence-electron chi connectivity index (χ2n) is 4.97. The average Bonchev–Trinajstić information content (AvgIpc) is 3.01. The molecule has 0 saturated carbocycles. The van der Waals surface area contributed by atoms with Crippen molar-refractivity contribution in [2.24, 2.45) is 0 Å². The number of aromatic amines is 1. The van der Waals surface area contributed by atoms with Crippen molar-refractivity contribution in [3.05, 3.63) is 57.0 Å². The van der Waals surface area contributed by atoms with Gasteiger partial charge in [0.1, 0.15) is 0 Å². The quantitative estimate of drug-likeness (QED) is 0.512. The van der Waals surface area contributed by atoms with E-state index in [2.05, 4.69) is 36.4 Å². The third-order valence-electron chi connectivity index (χ3n) is 3.06. The van der Waals surface area contributed by atoms with Gasteiger partial charge in [0.05, 0.1) is 5.75 Å². The lowest BCUT2D eigenvalue weighted by molar-refractivity contribution is -0.113. The number of nitrogens with zero attached hydrogens (tertiary/aromatic N) is 2. The van der Waals surface area contributed by atoms with Gasteiger partial charge >= 0.3 is 0 Å². The number of anilines is 1. The van der Waals surface area contributed by atoms with E-state index >= 15 is 0 Å². The smallest absolute Gasteiger partial charge is 0.234 e. The van der Waals surface area contributed by atoms with Crippen LogP contribution in [0.4, 0.5) is 5.69 Å². The summed E-state index contributed by atoms with van der Waals surface area (Å²) in [6.45, 7) is 0. The Morgan fingerprint density at radius 1 is 1.16 bits per heavy atom. The molecule has 0 spiro atoms. The Balaban J connectivity index is 1.58. The maximum absolute atomic E-state index is 12.0. The Bertz CT molecular complexity index is 881. The molecule has 0 aliphatic rings. The predicted molar refractivity (Wildman–Crippen MR) is 105 cm³/mol. The summed E-state index contributed by atoms with van der Waals surface area (Å²) in [5.74, 6) is 0.622. The number of benzene rings is 2. The normalized spacial score (nSPS) is 10.7. The first-order valence-electron chi connectivity index (χ1n) is 7.07. The molecule has 0 aliphatic heterocycles. The molecule has 9 heteroatoms. The van der Waals surface area contributed by atoms with Crippen molar-refractivity contribution in [1.29, 1.82) is 0 Å². The molecule has 2 N–H and O–H groups in total. The van der Waals surface area contributed by atoms with E-state index in [1.54, 1.807) is 18.2 Å². The second-order valence-corrected chi connectivity index (χ2v) is 7.70. The van der Waals surface area contributed by atoms with Crippen molar-refractivity contribution >= 4 is 62.5 Å². The summed E-state index contributed by atoms with van der Waals surface area (Å²) < 4.78 is 0.989. The Morgan fingerprint density at radius 2 is 1.84 bits per heavy atom. The minimum absolute atomic E-state index is 0.168. The van der Waals surface area contributed by atoms with Gasteiger partial charge in [0.15, 0.2) is 5.82 Å². The van der Waals surface area contributed by atoms with Gasteiger partial charge in [0.25, 0.3) is 0 Å². The van der Waals surface area contributed by atoms with Gasteiger partial charge in [0.2, 0.25) is 11.1 Å². The van der Waals surface area contributed by atoms with Crippen LogP contribution in [0.5, 0.6) is 0 Å². The monoisotopic (exact) mass is 456 g/mol. The molecule has 3 aromatic rings. The Labute approximate surface area is 166 Å². The first-order chi connectivity index (χ1) is 12.0. The first kappa shape index (κ1) is 18.3. The number of amides is 1. The van der Waals surface area contributed by atoms with E-state index in [1.807, 2.05) is 24.3 Å². The van der Waals surface area contributed by atoms with Gasteiger partial charge in [0, 0.05) is 25.8 Å². The van der Waals surface area contributed by atoms with Crippen molar-refractivity contribution in [3.63, 3.8) is 0 Å². The van der Waals surface area contributed by atoms with Crippen LogP contribution < -0.4 is 5.32 Å². The maximum Gasteiger partial charge on any atom is 0.234 e. The number of carbonyl (C=O) groups is 1. The highest BCUT2D eigenvalue weighted by molar-refractivity contribution is 9.10. The van der Waals surface area contributed by atoms with Crippen molar-refractivity contribution in [2.45, 2.75) is 5.16 Å². The largest absolute Gasteiger partial charge is 0.325 e. The van der Waals surface area contributed by atoms with Crippen molar-refractivity contribution in [2.75, 3.05) is 11.1 Å². The molecule has 0 saturated heterocycles. The summed E-state index contributed by atoms with van der Waals surface area (Å²) in [7, 11) is 0. The molecule has 2 aromatic carbocycles. The molecule has 0 radical (unpaired) electrons. The van der Waals surface area contributed by atoms with Gasteiger partial charge in [-0.3, -0.25) is 9.89 Å². The highest BCUT2D eigenvalue weighted by Crippen LogP contribution is 2.24. The zero-order valence-corrected chi connectivity index (χ0v) is 16.5. The Kier molecular flexibility index (Phi) is 6.01. The third-order valence-corrected chi connectivity index (χ3v) is 4.87. The van der Waals surface area contributed by atoms with Gasteiger partial charge in [-0.05, 0) is 30.3 Å². The molecule has 1 aromatic heterocycles. The van der Waals surface area contributed by atoms with Crippen LogP contribution in [0.3, 0.4) is 0 Å². The number of aromatic nitrogens is 3. The van der Waals surface area contributed by atoms with E-state index < -0.39 is 0 Å². The lowest BCUT2D eigenvalue weighted by Crippen LogP contribution is -2.14. The number of halogens is 3. The summed E-state index contributed by atoms with van der Waals surface area (Å²) >= 11 is 16.4. The van der Waals surface area contributed by atoms with E-state index in [0.717, 1.165) is 10.0 Å². The second kappa shape index (κ2) is 8.23. The topological polar surface area (TPSA) is 70.7 Å². The molecule has 0 bridgehead atoms. The van der Waals surface area contributed by atoms with Crippen molar-refractivity contribution in [3.8, 4) is 11.4 Å². The van der Waals surface area contributed by atoms with E-state index in [9.17, 15) is 4.79 Å². The highest BCUT2D eigenvalue weighted by Gasteiger charge is 2.10. The van der Waals surface area contributed by atoms with Gasteiger partial charge in [-0.1, -0.05) is 63.0 Å². The summed E-state index contributed by atoms with van der Waals surface area (Å²) in [5, 5.41) is 11.1. The number of thioether (sulfide) groups is 1. The summed E-state index contributed by atoms with van der Waals surface area (Å²) in [6, 6.07) is 12.6. The molecule has 0 unspecified atom stereocenters. The Morgan fingerprint density at radius 3 is 2.52 bits per heavy atom. The van der Waals surface area contributed by atoms with Crippen LogP contribution in [0, 0.1) is 0 Å². The fourth-order valence-corrected chi connectivity index (χ4v) is 3.39. The number of hydrogen-bond donors (Lipinski definition) is 2. The maximum atomic E-state index is 12.0. The zero-order valence-electron chi connectivity index (χ0n) is 12.6. The molecule has 3 rings (SSSR count). The number of hydrogen-bond acceptors (Lipinski definition) is 4. The minimum Gasteiger partial charge on any atom is -0.325 e. The SMILES string of the molecule is O=C(CSc1n[nH]c(-c2ccc(Br)cc2)n1)Nc1cc(Cl)cc(Cl)c1. The van der Waals surface area contributed by atoms with Gasteiger partial charge < -0.3 is 5.32 Å². The third kappa shape index (κ3) is 5.22. The van der Waals surface area contributed by atoms with Gasteiger partial charge in [-0.25, -0.2) is 4.98 Å². The predicted octanol–water partition coefficient (Wildman–Crippen LogP) is 5.27. The highest BCUT2D eigenvalue weighted by atomic mass is 79.9. The Hall–Kier alpha value is -1.54. The number of rotatable bonds is 5. The van der Waals surface area contributed by atoms with Crippen LogP contribution in [0.25, 0.3) is 11.4 Å². The summed E-state index contributed by atoms with van der Waals surface area (Å²) in [6.07, 6.45) is 0.